The van der Waals surface area contributed by atoms with Crippen LogP contribution in [0.15, 0.2) is 30.3 Å². The second-order valence-corrected chi connectivity index (χ2v) is 7.59. The van der Waals surface area contributed by atoms with E-state index in [1.54, 1.807) is 0 Å². The van der Waals surface area contributed by atoms with Crippen LogP contribution in [-0.2, 0) is 0 Å². The van der Waals surface area contributed by atoms with Crippen LogP contribution in [0.3, 0.4) is 0 Å². The third kappa shape index (κ3) is 3.26. The average molecular weight is 288 g/mol. The molecule has 1 aliphatic carbocycles. The van der Waals surface area contributed by atoms with Gasteiger partial charge in [-0.25, -0.2) is 0 Å². The van der Waals surface area contributed by atoms with E-state index in [2.05, 4.69) is 62.9 Å². The number of benzene rings is 1. The van der Waals surface area contributed by atoms with Gasteiger partial charge < -0.3 is 10.6 Å². The third-order valence-electron chi connectivity index (χ3n) is 5.25. The van der Waals surface area contributed by atoms with Crippen LogP contribution in [0.4, 0.5) is 5.69 Å². The lowest BCUT2D eigenvalue weighted by Crippen LogP contribution is -2.56. The van der Waals surface area contributed by atoms with Crippen molar-refractivity contribution in [2.75, 3.05) is 18.0 Å². The van der Waals surface area contributed by atoms with Gasteiger partial charge in [-0.1, -0.05) is 52.3 Å². The Hall–Kier alpha value is -1.02. The molecule has 1 aliphatic rings. The maximum absolute atomic E-state index is 6.35. The highest BCUT2D eigenvalue weighted by Gasteiger charge is 2.51. The first kappa shape index (κ1) is 16.4. The molecule has 2 rings (SSSR count). The number of anilines is 1. The van der Waals surface area contributed by atoms with Crippen molar-refractivity contribution < 1.29 is 0 Å². The van der Waals surface area contributed by atoms with E-state index in [-0.39, 0.29) is 5.54 Å². The van der Waals surface area contributed by atoms with E-state index in [1.165, 1.54) is 31.4 Å². The Balaban J connectivity index is 2.38. The van der Waals surface area contributed by atoms with Crippen LogP contribution in [-0.4, -0.2) is 18.6 Å². The van der Waals surface area contributed by atoms with Crippen molar-refractivity contribution in [3.63, 3.8) is 0 Å². The average Bonchev–Trinajstić information content (AvgIpc) is 2.70. The molecule has 0 aliphatic heterocycles. The topological polar surface area (TPSA) is 29.3 Å². The molecule has 1 fully saturated rings. The van der Waals surface area contributed by atoms with E-state index in [1.807, 2.05) is 0 Å². The van der Waals surface area contributed by atoms with Crippen molar-refractivity contribution in [2.45, 2.75) is 58.9 Å². The van der Waals surface area contributed by atoms with Gasteiger partial charge in [-0.15, -0.1) is 0 Å². The number of unbranched alkanes of at least 4 members (excludes halogenated alkanes) is 1. The Morgan fingerprint density at radius 3 is 2.38 bits per heavy atom. The van der Waals surface area contributed by atoms with Gasteiger partial charge in [0.1, 0.15) is 0 Å². The molecule has 2 N–H and O–H groups in total. The van der Waals surface area contributed by atoms with Crippen LogP contribution in [0, 0.1) is 11.3 Å². The van der Waals surface area contributed by atoms with E-state index in [9.17, 15) is 0 Å². The molecule has 2 atom stereocenters. The van der Waals surface area contributed by atoms with Gasteiger partial charge in [0.25, 0.3) is 0 Å². The van der Waals surface area contributed by atoms with E-state index < -0.39 is 0 Å². The van der Waals surface area contributed by atoms with Gasteiger partial charge in [-0.05, 0) is 42.7 Å². The molecule has 21 heavy (non-hydrogen) atoms. The lowest BCUT2D eigenvalue weighted by molar-refractivity contribution is 0.302. The number of hydrogen-bond acceptors (Lipinski definition) is 2. The Labute approximate surface area is 130 Å². The van der Waals surface area contributed by atoms with E-state index in [0.717, 1.165) is 13.1 Å². The molecule has 0 bridgehead atoms. The summed E-state index contributed by atoms with van der Waals surface area (Å²) in [5.74, 6) is 0.634. The van der Waals surface area contributed by atoms with Gasteiger partial charge in [0.05, 0.1) is 5.54 Å². The molecule has 0 radical (unpaired) electrons. The molecule has 118 valence electrons. The minimum Gasteiger partial charge on any atom is -0.364 e. The quantitative estimate of drug-likeness (QED) is 0.838. The van der Waals surface area contributed by atoms with Crippen LogP contribution in [0.1, 0.15) is 53.4 Å². The highest BCUT2D eigenvalue weighted by Crippen LogP contribution is 2.51. The Bertz CT molecular complexity index is 440. The monoisotopic (exact) mass is 288 g/mol. The van der Waals surface area contributed by atoms with Crippen molar-refractivity contribution in [3.05, 3.63) is 30.3 Å². The molecule has 0 aromatic heterocycles. The Kier molecular flexibility index (Phi) is 4.98. The molecule has 2 unspecified atom stereocenters. The van der Waals surface area contributed by atoms with Crippen LogP contribution in [0.25, 0.3) is 0 Å². The molecule has 1 saturated carbocycles. The maximum Gasteiger partial charge on any atom is 0.0554 e. The number of nitrogens with zero attached hydrogens (tertiary/aromatic N) is 1. The number of hydrogen-bond donors (Lipinski definition) is 1. The summed E-state index contributed by atoms with van der Waals surface area (Å²) in [7, 11) is 0. The number of para-hydroxylation sites is 1. The van der Waals surface area contributed by atoms with Crippen LogP contribution in [0.5, 0.6) is 0 Å². The molecule has 0 spiro atoms. The van der Waals surface area contributed by atoms with Gasteiger partial charge in [0.15, 0.2) is 0 Å². The zero-order chi connectivity index (χ0) is 15.5. The van der Waals surface area contributed by atoms with Crippen molar-refractivity contribution in [2.24, 2.45) is 17.1 Å². The first-order chi connectivity index (χ1) is 9.95. The van der Waals surface area contributed by atoms with Crippen LogP contribution in [0.2, 0.25) is 0 Å². The summed E-state index contributed by atoms with van der Waals surface area (Å²) in [5.41, 5.74) is 8.18. The van der Waals surface area contributed by atoms with Crippen molar-refractivity contribution >= 4 is 5.69 Å². The second-order valence-electron chi connectivity index (χ2n) is 7.59. The summed E-state index contributed by atoms with van der Waals surface area (Å²) < 4.78 is 0. The lowest BCUT2D eigenvalue weighted by Gasteiger charge is -2.46. The minimum atomic E-state index is 0.111. The van der Waals surface area contributed by atoms with E-state index >= 15 is 0 Å². The summed E-state index contributed by atoms with van der Waals surface area (Å²) in [6.07, 6.45) is 4.90. The summed E-state index contributed by atoms with van der Waals surface area (Å²) >= 11 is 0. The van der Waals surface area contributed by atoms with Gasteiger partial charge in [0.2, 0.25) is 0 Å². The molecule has 2 heteroatoms. The fourth-order valence-electron chi connectivity index (χ4n) is 4.37. The standard InChI is InChI=1S/C19H32N2/c1-5-6-12-21(17-10-8-7-9-11-17)19(15-20)14-18(3,4)13-16(19)2/h7-11,16H,5-6,12-15,20H2,1-4H3. The van der Waals surface area contributed by atoms with E-state index in [4.69, 9.17) is 5.73 Å². The molecular weight excluding hydrogens is 256 g/mol. The van der Waals surface area contributed by atoms with Gasteiger partial charge in [-0.3, -0.25) is 0 Å². The molecule has 0 saturated heterocycles. The first-order valence-corrected chi connectivity index (χ1v) is 8.48. The summed E-state index contributed by atoms with van der Waals surface area (Å²) in [6, 6.07) is 10.9. The SMILES string of the molecule is CCCCN(c1ccccc1)C1(CN)CC(C)(C)CC1C. The van der Waals surface area contributed by atoms with E-state index in [0.29, 0.717) is 11.3 Å². The van der Waals surface area contributed by atoms with Crippen molar-refractivity contribution in [1.29, 1.82) is 0 Å². The number of nitrogens with two attached hydrogens (primary N) is 1. The predicted octanol–water partition coefficient (Wildman–Crippen LogP) is 4.45. The third-order valence-corrected chi connectivity index (χ3v) is 5.25. The fraction of sp³-hybridized carbons (Fsp3) is 0.684. The zero-order valence-electron chi connectivity index (χ0n) is 14.2. The molecule has 0 heterocycles. The fourth-order valence-corrected chi connectivity index (χ4v) is 4.37. The van der Waals surface area contributed by atoms with Crippen molar-refractivity contribution in [1.82, 2.24) is 0 Å². The summed E-state index contributed by atoms with van der Waals surface area (Å²) in [6.45, 7) is 11.3. The van der Waals surface area contributed by atoms with Gasteiger partial charge in [0, 0.05) is 18.8 Å². The maximum atomic E-state index is 6.35. The summed E-state index contributed by atoms with van der Waals surface area (Å²) in [5, 5.41) is 0. The zero-order valence-corrected chi connectivity index (χ0v) is 14.2. The minimum absolute atomic E-state index is 0.111. The largest absolute Gasteiger partial charge is 0.364 e. The number of rotatable bonds is 6. The highest BCUT2D eigenvalue weighted by atomic mass is 15.2. The molecular formula is C19H32N2. The Morgan fingerprint density at radius 1 is 1.24 bits per heavy atom. The van der Waals surface area contributed by atoms with Gasteiger partial charge in [-0.2, -0.15) is 0 Å². The predicted molar refractivity (Wildman–Crippen MR) is 92.7 cm³/mol. The normalized spacial score (nSPS) is 27.8. The van der Waals surface area contributed by atoms with Crippen LogP contribution >= 0.6 is 0 Å². The Morgan fingerprint density at radius 2 is 1.90 bits per heavy atom. The first-order valence-electron chi connectivity index (χ1n) is 8.48. The van der Waals surface area contributed by atoms with Crippen LogP contribution < -0.4 is 10.6 Å². The molecule has 2 nitrogen and oxygen atoms in total. The van der Waals surface area contributed by atoms with Crippen molar-refractivity contribution in [3.8, 4) is 0 Å². The molecule has 0 amide bonds. The lowest BCUT2D eigenvalue weighted by atomic mass is 9.84. The summed E-state index contributed by atoms with van der Waals surface area (Å²) in [4.78, 5) is 2.62. The second kappa shape index (κ2) is 6.39. The smallest absolute Gasteiger partial charge is 0.0554 e. The highest BCUT2D eigenvalue weighted by molar-refractivity contribution is 5.50. The van der Waals surface area contributed by atoms with Gasteiger partial charge >= 0.3 is 0 Å². The molecule has 1 aromatic carbocycles. The molecule has 1 aromatic rings.